The van der Waals surface area contributed by atoms with Crippen LogP contribution in [0.15, 0.2) is 41.3 Å². The maximum absolute atomic E-state index is 13.1. The lowest BCUT2D eigenvalue weighted by atomic mass is 9.97. The number of sulfonamides is 1. The molecule has 0 unspecified atom stereocenters. The Kier molecular flexibility index (Phi) is 5.92. The molecule has 1 aliphatic heterocycles. The van der Waals surface area contributed by atoms with Crippen molar-refractivity contribution < 1.29 is 18.3 Å². The van der Waals surface area contributed by atoms with Gasteiger partial charge in [-0.2, -0.15) is 8.75 Å². The summed E-state index contributed by atoms with van der Waals surface area (Å²) in [6.07, 6.45) is 1.41. The Morgan fingerprint density at radius 1 is 1.23 bits per heavy atom. The molecule has 0 radical (unpaired) electrons. The van der Waals surface area contributed by atoms with Gasteiger partial charge in [-0.3, -0.25) is 9.52 Å². The molecule has 2 N–H and O–H groups in total. The van der Waals surface area contributed by atoms with Gasteiger partial charge in [-0.25, -0.2) is 8.42 Å². The minimum atomic E-state index is -4.03. The van der Waals surface area contributed by atoms with Gasteiger partial charge in [-0.15, -0.1) is 0 Å². The molecule has 0 aliphatic carbocycles. The molecule has 2 heterocycles. The van der Waals surface area contributed by atoms with E-state index in [0.29, 0.717) is 36.5 Å². The van der Waals surface area contributed by atoms with Crippen LogP contribution in [0, 0.1) is 5.92 Å². The predicted octanol–water partition coefficient (Wildman–Crippen LogP) is 2.99. The second-order valence-corrected chi connectivity index (χ2v) is 9.72. The van der Waals surface area contributed by atoms with E-state index in [1.165, 1.54) is 18.2 Å². The van der Waals surface area contributed by atoms with Gasteiger partial charge >= 0.3 is 0 Å². The second-order valence-electron chi connectivity index (χ2n) is 7.10. The molecule has 1 aromatic heterocycles. The van der Waals surface area contributed by atoms with Crippen LogP contribution in [-0.2, 0) is 10.0 Å². The molecule has 2 aromatic carbocycles. The van der Waals surface area contributed by atoms with Crippen molar-refractivity contribution in [3.05, 3.63) is 47.0 Å². The summed E-state index contributed by atoms with van der Waals surface area (Å²) in [6, 6.07) is 9.21. The van der Waals surface area contributed by atoms with E-state index in [1.54, 1.807) is 23.1 Å². The number of amides is 1. The summed E-state index contributed by atoms with van der Waals surface area (Å²) >= 11 is 7.02. The zero-order valence-corrected chi connectivity index (χ0v) is 18.2. The number of anilines is 1. The standard InChI is InChI=1S/C19H19ClN4O4S2/c20-13-4-5-14(19(26)24-8-6-12(11-25)7-9-24)16(10-13)23-30(27,28)17-3-1-2-15-18(17)22-29-21-15/h1-5,10,12,23,25H,6-9,11H2. The van der Waals surface area contributed by atoms with Crippen molar-refractivity contribution in [3.63, 3.8) is 0 Å². The van der Waals surface area contributed by atoms with Gasteiger partial charge in [0.25, 0.3) is 15.9 Å². The highest BCUT2D eigenvalue weighted by atomic mass is 35.5. The number of nitrogens with one attached hydrogen (secondary N) is 1. The topological polar surface area (TPSA) is 112 Å². The smallest absolute Gasteiger partial charge is 0.264 e. The number of benzene rings is 2. The molecule has 8 nitrogen and oxygen atoms in total. The molecule has 1 amide bonds. The van der Waals surface area contributed by atoms with Crippen LogP contribution in [0.2, 0.25) is 5.02 Å². The molecule has 3 aromatic rings. The van der Waals surface area contributed by atoms with Crippen LogP contribution in [0.5, 0.6) is 0 Å². The first-order valence-electron chi connectivity index (χ1n) is 9.33. The minimum absolute atomic E-state index is 0.0177. The summed E-state index contributed by atoms with van der Waals surface area (Å²) in [5, 5.41) is 9.60. The van der Waals surface area contributed by atoms with Crippen molar-refractivity contribution in [2.75, 3.05) is 24.4 Å². The average Bonchev–Trinajstić information content (AvgIpc) is 3.22. The number of nitrogens with zero attached hydrogens (tertiary/aromatic N) is 3. The third-order valence-electron chi connectivity index (χ3n) is 5.15. The van der Waals surface area contributed by atoms with E-state index in [-0.39, 0.29) is 40.1 Å². The lowest BCUT2D eigenvalue weighted by Gasteiger charge is -2.31. The SMILES string of the molecule is O=C(c1ccc(Cl)cc1NS(=O)(=O)c1cccc2nsnc12)N1CCC(CO)CC1. The molecular weight excluding hydrogens is 448 g/mol. The first-order chi connectivity index (χ1) is 14.4. The Morgan fingerprint density at radius 2 is 2.00 bits per heavy atom. The van der Waals surface area contributed by atoms with Crippen LogP contribution in [0.25, 0.3) is 11.0 Å². The average molecular weight is 467 g/mol. The summed E-state index contributed by atoms with van der Waals surface area (Å²) in [7, 11) is -4.03. The highest BCUT2D eigenvalue weighted by molar-refractivity contribution is 7.93. The number of aromatic nitrogens is 2. The Balaban J connectivity index is 1.65. The van der Waals surface area contributed by atoms with Gasteiger partial charge in [-0.05, 0) is 49.1 Å². The van der Waals surface area contributed by atoms with Crippen LogP contribution >= 0.6 is 23.3 Å². The normalized spacial score (nSPS) is 15.5. The number of hydrogen-bond donors (Lipinski definition) is 2. The fraction of sp³-hybridized carbons (Fsp3) is 0.316. The van der Waals surface area contributed by atoms with Crippen molar-refractivity contribution in [2.45, 2.75) is 17.7 Å². The molecule has 1 saturated heterocycles. The third kappa shape index (κ3) is 4.13. The number of carbonyl (C=O) groups is 1. The molecule has 11 heteroatoms. The number of hydrogen-bond acceptors (Lipinski definition) is 7. The zero-order chi connectivity index (χ0) is 21.3. The first kappa shape index (κ1) is 21.0. The number of aliphatic hydroxyl groups is 1. The van der Waals surface area contributed by atoms with E-state index in [0.717, 1.165) is 11.7 Å². The van der Waals surface area contributed by atoms with Gasteiger partial charge in [0.1, 0.15) is 15.9 Å². The first-order valence-corrected chi connectivity index (χ1v) is 11.9. The Labute approximate surface area is 182 Å². The van der Waals surface area contributed by atoms with Gasteiger partial charge in [-0.1, -0.05) is 17.7 Å². The number of fused-ring (bicyclic) bond motifs is 1. The fourth-order valence-electron chi connectivity index (χ4n) is 3.47. The Bertz CT molecular complexity index is 1190. The van der Waals surface area contributed by atoms with E-state index in [2.05, 4.69) is 13.5 Å². The molecule has 0 bridgehead atoms. The molecule has 0 saturated carbocycles. The van der Waals surface area contributed by atoms with Gasteiger partial charge in [0.15, 0.2) is 0 Å². The van der Waals surface area contributed by atoms with Crippen molar-refractivity contribution in [1.82, 2.24) is 13.6 Å². The number of rotatable bonds is 5. The molecule has 0 atom stereocenters. The number of aliphatic hydroxyl groups excluding tert-OH is 1. The Morgan fingerprint density at radius 3 is 2.73 bits per heavy atom. The maximum atomic E-state index is 13.1. The van der Waals surface area contributed by atoms with Crippen LogP contribution in [0.3, 0.4) is 0 Å². The summed E-state index contributed by atoms with van der Waals surface area (Å²) in [6.45, 7) is 1.11. The lowest BCUT2D eigenvalue weighted by Crippen LogP contribution is -2.39. The number of likely N-dealkylation sites (tertiary alicyclic amines) is 1. The van der Waals surface area contributed by atoms with E-state index >= 15 is 0 Å². The molecule has 1 fully saturated rings. The highest BCUT2D eigenvalue weighted by Crippen LogP contribution is 2.29. The van der Waals surface area contributed by atoms with Crippen molar-refractivity contribution in [2.24, 2.45) is 5.92 Å². The van der Waals surface area contributed by atoms with Crippen molar-refractivity contribution in [1.29, 1.82) is 0 Å². The van der Waals surface area contributed by atoms with Crippen LogP contribution < -0.4 is 4.72 Å². The third-order valence-corrected chi connectivity index (χ3v) is 7.33. The number of carbonyl (C=O) groups excluding carboxylic acids is 1. The van der Waals surface area contributed by atoms with E-state index < -0.39 is 10.0 Å². The molecule has 30 heavy (non-hydrogen) atoms. The van der Waals surface area contributed by atoms with Gasteiger partial charge in [0.2, 0.25) is 0 Å². The summed E-state index contributed by atoms with van der Waals surface area (Å²) in [5.41, 5.74) is 1.08. The van der Waals surface area contributed by atoms with Crippen LogP contribution in [-0.4, -0.2) is 52.8 Å². The monoisotopic (exact) mass is 466 g/mol. The highest BCUT2D eigenvalue weighted by Gasteiger charge is 2.27. The maximum Gasteiger partial charge on any atom is 0.264 e. The zero-order valence-electron chi connectivity index (χ0n) is 15.8. The van der Waals surface area contributed by atoms with Gasteiger partial charge in [0.05, 0.1) is 23.0 Å². The molecule has 1 aliphatic rings. The molecule has 4 rings (SSSR count). The fourth-order valence-corrected chi connectivity index (χ4v) is 5.48. The lowest BCUT2D eigenvalue weighted by molar-refractivity contribution is 0.0652. The number of halogens is 1. The Hall–Kier alpha value is -2.27. The van der Waals surface area contributed by atoms with Gasteiger partial charge in [0, 0.05) is 24.7 Å². The minimum Gasteiger partial charge on any atom is -0.396 e. The summed E-state index contributed by atoms with van der Waals surface area (Å²) in [5.74, 6) is -0.0984. The number of piperidine rings is 1. The second kappa shape index (κ2) is 8.46. The quantitative estimate of drug-likeness (QED) is 0.597. The molecule has 158 valence electrons. The van der Waals surface area contributed by atoms with Crippen LogP contribution in [0.1, 0.15) is 23.2 Å². The van der Waals surface area contributed by atoms with E-state index in [1.807, 2.05) is 0 Å². The molecular formula is C19H19ClN4O4S2. The summed E-state index contributed by atoms with van der Waals surface area (Å²) in [4.78, 5) is 14.7. The van der Waals surface area contributed by atoms with Gasteiger partial charge < -0.3 is 10.0 Å². The largest absolute Gasteiger partial charge is 0.396 e. The van der Waals surface area contributed by atoms with Crippen LogP contribution in [0.4, 0.5) is 5.69 Å². The summed E-state index contributed by atoms with van der Waals surface area (Å²) < 4.78 is 36.8. The van der Waals surface area contributed by atoms with E-state index in [4.69, 9.17) is 11.6 Å². The predicted molar refractivity (Wildman–Crippen MR) is 115 cm³/mol. The molecule has 0 spiro atoms. The van der Waals surface area contributed by atoms with Crippen molar-refractivity contribution in [3.8, 4) is 0 Å². The van der Waals surface area contributed by atoms with Crippen molar-refractivity contribution >= 4 is 56.0 Å². The van der Waals surface area contributed by atoms with E-state index in [9.17, 15) is 18.3 Å².